The van der Waals surface area contributed by atoms with Crippen LogP contribution < -0.4 is 10.1 Å². The lowest BCUT2D eigenvalue weighted by molar-refractivity contribution is -0.693. The van der Waals surface area contributed by atoms with Gasteiger partial charge >= 0.3 is 0 Å². The molecule has 1 heterocycles. The zero-order valence-corrected chi connectivity index (χ0v) is 18.9. The molecule has 4 heteroatoms. The van der Waals surface area contributed by atoms with E-state index in [9.17, 15) is 0 Å². The van der Waals surface area contributed by atoms with E-state index >= 15 is 0 Å². The molecule has 0 unspecified atom stereocenters. The molecule has 0 aromatic heterocycles. The van der Waals surface area contributed by atoms with Crippen LogP contribution in [0.2, 0.25) is 5.02 Å². The summed E-state index contributed by atoms with van der Waals surface area (Å²) in [5.41, 5.74) is 2.74. The van der Waals surface area contributed by atoms with Crippen molar-refractivity contribution in [3.05, 3.63) is 64.7 Å². The Balaban J connectivity index is 1.77. The minimum Gasteiger partial charge on any atom is -0.496 e. The van der Waals surface area contributed by atoms with Crippen molar-refractivity contribution >= 4 is 11.6 Å². The number of benzene rings is 2. The van der Waals surface area contributed by atoms with Crippen LogP contribution in [0, 0.1) is 5.92 Å². The summed E-state index contributed by atoms with van der Waals surface area (Å²) in [5.74, 6) is 1.52. The molecule has 3 rings (SSSR count). The van der Waals surface area contributed by atoms with Gasteiger partial charge in [-0.1, -0.05) is 55.8 Å². The van der Waals surface area contributed by atoms with Crippen molar-refractivity contribution in [2.75, 3.05) is 20.3 Å². The first kappa shape index (κ1) is 22.1. The van der Waals surface area contributed by atoms with E-state index in [0.29, 0.717) is 18.1 Å². The molecule has 158 valence electrons. The van der Waals surface area contributed by atoms with E-state index in [-0.39, 0.29) is 5.41 Å². The van der Waals surface area contributed by atoms with E-state index in [1.807, 2.05) is 12.1 Å². The van der Waals surface area contributed by atoms with E-state index in [1.165, 1.54) is 11.1 Å². The molecule has 1 saturated heterocycles. The third-order valence-corrected chi connectivity index (χ3v) is 6.72. The fraction of sp³-hybridized carbons (Fsp3) is 0.520. The van der Waals surface area contributed by atoms with E-state index in [0.717, 1.165) is 43.2 Å². The molecule has 3 nitrogen and oxygen atoms in total. The molecule has 3 atom stereocenters. The lowest BCUT2D eigenvalue weighted by Gasteiger charge is -2.43. The standard InChI is InChI=1S/C25H34ClNO2/c1-18(2)24-17-25(14-16-29-24,22-7-5-6-8-23(22)28-4)13-15-27-19(3)20-9-11-21(26)12-10-20/h5-12,18-19,24,27H,13-17H2,1-4H3/p+1/t19-,24+,25+/m0/s1. The van der Waals surface area contributed by atoms with Crippen LogP contribution >= 0.6 is 11.6 Å². The van der Waals surface area contributed by atoms with Gasteiger partial charge in [-0.3, -0.25) is 0 Å². The van der Waals surface area contributed by atoms with E-state index in [1.54, 1.807) is 7.11 Å². The maximum Gasteiger partial charge on any atom is 0.122 e. The normalized spacial score (nSPS) is 23.2. The average Bonchev–Trinajstić information content (AvgIpc) is 2.74. The third kappa shape index (κ3) is 5.33. The van der Waals surface area contributed by atoms with Gasteiger partial charge in [-0.25, -0.2) is 0 Å². The number of hydrogen-bond acceptors (Lipinski definition) is 2. The van der Waals surface area contributed by atoms with Crippen LogP contribution in [-0.2, 0) is 10.2 Å². The summed E-state index contributed by atoms with van der Waals surface area (Å²) in [4.78, 5) is 0. The van der Waals surface area contributed by atoms with Crippen molar-refractivity contribution in [2.24, 2.45) is 5.92 Å². The molecule has 0 spiro atoms. The van der Waals surface area contributed by atoms with Crippen LogP contribution in [-0.4, -0.2) is 26.4 Å². The molecule has 0 aliphatic carbocycles. The highest BCUT2D eigenvalue weighted by Crippen LogP contribution is 2.44. The Morgan fingerprint density at radius 2 is 1.86 bits per heavy atom. The first-order valence-electron chi connectivity index (χ1n) is 10.8. The number of ether oxygens (including phenoxy) is 2. The molecular formula is C25H35ClNO2+. The first-order valence-corrected chi connectivity index (χ1v) is 11.2. The van der Waals surface area contributed by atoms with Crippen LogP contribution in [0.15, 0.2) is 48.5 Å². The lowest BCUT2D eigenvalue weighted by atomic mass is 9.68. The van der Waals surface area contributed by atoms with Gasteiger partial charge in [0.1, 0.15) is 11.8 Å². The summed E-state index contributed by atoms with van der Waals surface area (Å²) in [6, 6.07) is 17.2. The minimum atomic E-state index is 0.0933. The first-order chi connectivity index (χ1) is 13.9. The van der Waals surface area contributed by atoms with Crippen molar-refractivity contribution in [1.29, 1.82) is 0 Å². The molecule has 1 aliphatic rings. The van der Waals surface area contributed by atoms with Gasteiger partial charge in [0.2, 0.25) is 0 Å². The van der Waals surface area contributed by atoms with Crippen molar-refractivity contribution in [3.8, 4) is 5.75 Å². The minimum absolute atomic E-state index is 0.0933. The van der Waals surface area contributed by atoms with Gasteiger partial charge in [0.25, 0.3) is 0 Å². The summed E-state index contributed by atoms with van der Waals surface area (Å²) >= 11 is 6.04. The molecular weight excluding hydrogens is 382 g/mol. The Hall–Kier alpha value is -1.55. The van der Waals surface area contributed by atoms with Crippen LogP contribution in [0.5, 0.6) is 5.75 Å². The van der Waals surface area contributed by atoms with Gasteiger partial charge in [-0.2, -0.15) is 0 Å². The zero-order chi connectivity index (χ0) is 20.9. The Labute approximate surface area is 180 Å². The van der Waals surface area contributed by atoms with Crippen molar-refractivity contribution < 1.29 is 14.8 Å². The number of quaternary nitrogens is 1. The summed E-state index contributed by atoms with van der Waals surface area (Å²) in [6.45, 7) is 8.66. The van der Waals surface area contributed by atoms with Crippen LogP contribution in [0.3, 0.4) is 0 Å². The molecule has 29 heavy (non-hydrogen) atoms. The smallest absolute Gasteiger partial charge is 0.122 e. The molecule has 2 N–H and O–H groups in total. The second-order valence-corrected chi connectivity index (χ2v) is 9.14. The molecule has 0 bridgehead atoms. The van der Waals surface area contributed by atoms with Gasteiger partial charge < -0.3 is 14.8 Å². The third-order valence-electron chi connectivity index (χ3n) is 6.47. The molecule has 0 amide bonds. The lowest BCUT2D eigenvalue weighted by Crippen LogP contribution is -2.85. The SMILES string of the molecule is COc1ccccc1[C@]1(CC[NH2+][C@@H](C)c2ccc(Cl)cc2)CCO[C@@H](C(C)C)C1. The van der Waals surface area contributed by atoms with Gasteiger partial charge in [-0.15, -0.1) is 0 Å². The van der Waals surface area contributed by atoms with E-state index < -0.39 is 0 Å². The van der Waals surface area contributed by atoms with Gasteiger partial charge in [0.15, 0.2) is 0 Å². The monoisotopic (exact) mass is 416 g/mol. The van der Waals surface area contributed by atoms with Crippen molar-refractivity contribution in [2.45, 2.75) is 57.6 Å². The Kier molecular flexibility index (Phi) is 7.61. The van der Waals surface area contributed by atoms with Crippen molar-refractivity contribution in [1.82, 2.24) is 0 Å². The van der Waals surface area contributed by atoms with Gasteiger partial charge in [0.05, 0.1) is 19.8 Å². The molecule has 1 aliphatic heterocycles. The Morgan fingerprint density at radius 1 is 1.14 bits per heavy atom. The fourth-order valence-electron chi connectivity index (χ4n) is 4.58. The Morgan fingerprint density at radius 3 is 2.55 bits per heavy atom. The predicted octanol–water partition coefficient (Wildman–Crippen LogP) is 5.14. The highest BCUT2D eigenvalue weighted by atomic mass is 35.5. The van der Waals surface area contributed by atoms with Gasteiger partial charge in [0, 0.05) is 34.6 Å². The molecule has 0 radical (unpaired) electrons. The predicted molar refractivity (Wildman–Crippen MR) is 120 cm³/mol. The topological polar surface area (TPSA) is 35.1 Å². The summed E-state index contributed by atoms with van der Waals surface area (Å²) < 4.78 is 11.9. The highest BCUT2D eigenvalue weighted by molar-refractivity contribution is 6.30. The number of nitrogens with two attached hydrogens (primary N) is 1. The van der Waals surface area contributed by atoms with Crippen LogP contribution in [0.25, 0.3) is 0 Å². The Bertz CT molecular complexity index is 777. The molecule has 1 fully saturated rings. The number of hydrogen-bond donors (Lipinski definition) is 1. The van der Waals surface area contributed by atoms with E-state index in [2.05, 4.69) is 62.5 Å². The van der Waals surface area contributed by atoms with Crippen molar-refractivity contribution in [3.63, 3.8) is 0 Å². The fourth-order valence-corrected chi connectivity index (χ4v) is 4.71. The maximum absolute atomic E-state index is 6.13. The number of halogens is 1. The van der Waals surface area contributed by atoms with Crippen LogP contribution in [0.4, 0.5) is 0 Å². The maximum atomic E-state index is 6.13. The molecule has 2 aromatic rings. The summed E-state index contributed by atoms with van der Waals surface area (Å²) in [5, 5.41) is 3.23. The highest BCUT2D eigenvalue weighted by Gasteiger charge is 2.41. The van der Waals surface area contributed by atoms with E-state index in [4.69, 9.17) is 21.1 Å². The van der Waals surface area contributed by atoms with Gasteiger partial charge in [-0.05, 0) is 43.9 Å². The zero-order valence-electron chi connectivity index (χ0n) is 18.2. The quantitative estimate of drug-likeness (QED) is 0.646. The number of para-hydroxylation sites is 1. The molecule has 0 saturated carbocycles. The summed E-state index contributed by atoms with van der Waals surface area (Å²) in [7, 11) is 1.78. The largest absolute Gasteiger partial charge is 0.496 e. The van der Waals surface area contributed by atoms with Crippen LogP contribution in [0.1, 0.15) is 57.2 Å². The second-order valence-electron chi connectivity index (χ2n) is 8.70. The summed E-state index contributed by atoms with van der Waals surface area (Å²) in [6.07, 6.45) is 3.49. The number of methoxy groups -OCH3 is 1. The molecule has 2 aromatic carbocycles. The number of rotatable bonds is 8. The second kappa shape index (κ2) is 9.97. The average molecular weight is 417 g/mol.